The van der Waals surface area contributed by atoms with Crippen LogP contribution in [0.3, 0.4) is 0 Å². The zero-order valence-corrected chi connectivity index (χ0v) is 14.7. The fourth-order valence-corrected chi connectivity index (χ4v) is 2.97. The Kier molecular flexibility index (Phi) is 3.59. The SMILES string of the molecule is CC(C)n1ncc2c(Cl)c(B3OC(C)(C)C(C)(C)O3)ccc21. The second-order valence-electron chi connectivity index (χ2n) is 7.17. The normalized spacial score (nSPS) is 20.3. The summed E-state index contributed by atoms with van der Waals surface area (Å²) in [7, 11) is -0.454. The first-order valence-electron chi connectivity index (χ1n) is 7.65. The van der Waals surface area contributed by atoms with Crippen molar-refractivity contribution in [2.24, 2.45) is 0 Å². The first-order chi connectivity index (χ1) is 10.1. The lowest BCUT2D eigenvalue weighted by molar-refractivity contribution is 0.00578. The summed E-state index contributed by atoms with van der Waals surface area (Å²) in [4.78, 5) is 0. The smallest absolute Gasteiger partial charge is 0.399 e. The highest BCUT2D eigenvalue weighted by Crippen LogP contribution is 2.37. The van der Waals surface area contributed by atoms with Crippen LogP contribution in [0.4, 0.5) is 0 Å². The summed E-state index contributed by atoms with van der Waals surface area (Å²) in [6.07, 6.45) is 1.81. The number of hydrogen-bond donors (Lipinski definition) is 0. The van der Waals surface area contributed by atoms with Gasteiger partial charge in [-0.1, -0.05) is 17.7 Å². The molecule has 0 N–H and O–H groups in total. The van der Waals surface area contributed by atoms with E-state index in [4.69, 9.17) is 20.9 Å². The summed E-state index contributed by atoms with van der Waals surface area (Å²) < 4.78 is 14.2. The van der Waals surface area contributed by atoms with Crippen LogP contribution in [0.25, 0.3) is 10.9 Å². The van der Waals surface area contributed by atoms with Crippen LogP contribution in [0.15, 0.2) is 18.3 Å². The van der Waals surface area contributed by atoms with E-state index in [-0.39, 0.29) is 17.2 Å². The molecule has 0 bridgehead atoms. The van der Waals surface area contributed by atoms with Crippen molar-refractivity contribution in [3.05, 3.63) is 23.4 Å². The Balaban J connectivity index is 2.05. The molecule has 1 fully saturated rings. The molecular formula is C16H22BClN2O2. The van der Waals surface area contributed by atoms with Gasteiger partial charge in [-0.3, -0.25) is 4.68 Å². The van der Waals surface area contributed by atoms with Crippen molar-refractivity contribution < 1.29 is 9.31 Å². The largest absolute Gasteiger partial charge is 0.496 e. The van der Waals surface area contributed by atoms with Crippen LogP contribution in [0.5, 0.6) is 0 Å². The Morgan fingerprint density at radius 1 is 1.14 bits per heavy atom. The number of nitrogens with zero attached hydrogens (tertiary/aromatic N) is 2. The molecule has 1 aromatic heterocycles. The zero-order chi connectivity index (χ0) is 16.3. The molecule has 3 rings (SSSR count). The number of rotatable bonds is 2. The second-order valence-corrected chi connectivity index (χ2v) is 7.55. The third-order valence-electron chi connectivity index (χ3n) is 4.74. The maximum absolute atomic E-state index is 6.61. The molecule has 1 aromatic carbocycles. The van der Waals surface area contributed by atoms with E-state index >= 15 is 0 Å². The Hall–Kier alpha value is -1.04. The van der Waals surface area contributed by atoms with Crippen molar-refractivity contribution in [3.63, 3.8) is 0 Å². The van der Waals surface area contributed by atoms with Gasteiger partial charge in [-0.15, -0.1) is 0 Å². The van der Waals surface area contributed by atoms with Gasteiger partial charge in [0.2, 0.25) is 0 Å². The van der Waals surface area contributed by atoms with Crippen molar-refractivity contribution in [2.45, 2.75) is 58.8 Å². The predicted molar refractivity (Wildman–Crippen MR) is 90.8 cm³/mol. The number of benzene rings is 1. The van der Waals surface area contributed by atoms with E-state index in [1.807, 2.05) is 50.7 Å². The molecule has 6 heteroatoms. The highest BCUT2D eigenvalue weighted by molar-refractivity contribution is 6.66. The Labute approximate surface area is 136 Å². The lowest BCUT2D eigenvalue weighted by Crippen LogP contribution is -2.41. The van der Waals surface area contributed by atoms with Gasteiger partial charge < -0.3 is 9.31 Å². The molecule has 4 nitrogen and oxygen atoms in total. The minimum absolute atomic E-state index is 0.288. The number of halogens is 1. The second kappa shape index (κ2) is 4.98. The van der Waals surface area contributed by atoms with Crippen LogP contribution in [0, 0.1) is 0 Å². The molecule has 1 aliphatic rings. The van der Waals surface area contributed by atoms with Crippen molar-refractivity contribution in [2.75, 3.05) is 0 Å². The molecule has 118 valence electrons. The third kappa shape index (κ3) is 2.27. The summed E-state index contributed by atoms with van der Waals surface area (Å²) >= 11 is 6.61. The first-order valence-corrected chi connectivity index (χ1v) is 8.03. The summed E-state index contributed by atoms with van der Waals surface area (Å²) in [5, 5.41) is 6.02. The van der Waals surface area contributed by atoms with Gasteiger partial charge in [0.05, 0.1) is 27.9 Å². The Morgan fingerprint density at radius 2 is 1.73 bits per heavy atom. The molecule has 2 aromatic rings. The lowest BCUT2D eigenvalue weighted by Gasteiger charge is -2.32. The minimum atomic E-state index is -0.454. The number of fused-ring (bicyclic) bond motifs is 1. The Morgan fingerprint density at radius 3 is 2.27 bits per heavy atom. The standard InChI is InChI=1S/C16H22BClN2O2/c1-10(2)20-13-8-7-12(14(18)11(13)9-19-20)17-21-15(3,4)16(5,6)22-17/h7-10H,1-6H3. The van der Waals surface area contributed by atoms with E-state index in [1.165, 1.54) is 0 Å². The fourth-order valence-electron chi connectivity index (χ4n) is 2.67. The van der Waals surface area contributed by atoms with Crippen LogP contribution < -0.4 is 5.46 Å². The molecule has 22 heavy (non-hydrogen) atoms. The van der Waals surface area contributed by atoms with Gasteiger partial charge >= 0.3 is 7.12 Å². The van der Waals surface area contributed by atoms with Crippen molar-refractivity contribution in [1.82, 2.24) is 9.78 Å². The Bertz CT molecular complexity index is 708. The van der Waals surface area contributed by atoms with Crippen molar-refractivity contribution in [3.8, 4) is 0 Å². The average molecular weight is 321 g/mol. The predicted octanol–water partition coefficient (Wildman–Crippen LogP) is 3.57. The molecule has 0 spiro atoms. The molecule has 0 saturated carbocycles. The van der Waals surface area contributed by atoms with Gasteiger partial charge in [-0.05, 0) is 47.6 Å². The molecule has 2 heterocycles. The van der Waals surface area contributed by atoms with Crippen LogP contribution in [-0.2, 0) is 9.31 Å². The number of aromatic nitrogens is 2. The van der Waals surface area contributed by atoms with Gasteiger partial charge in [0.1, 0.15) is 0 Å². The van der Waals surface area contributed by atoms with Gasteiger partial charge in [0.25, 0.3) is 0 Å². The van der Waals surface area contributed by atoms with Crippen LogP contribution in [-0.4, -0.2) is 28.1 Å². The van der Waals surface area contributed by atoms with Gasteiger partial charge in [0, 0.05) is 16.9 Å². The molecule has 0 unspecified atom stereocenters. The molecule has 0 atom stereocenters. The van der Waals surface area contributed by atoms with E-state index in [2.05, 4.69) is 18.9 Å². The summed E-state index contributed by atoms with van der Waals surface area (Å²) in [6, 6.07) is 4.30. The van der Waals surface area contributed by atoms with Crippen molar-refractivity contribution in [1.29, 1.82) is 0 Å². The van der Waals surface area contributed by atoms with Crippen LogP contribution in [0.1, 0.15) is 47.6 Å². The number of hydrogen-bond acceptors (Lipinski definition) is 3. The zero-order valence-electron chi connectivity index (χ0n) is 14.0. The maximum atomic E-state index is 6.61. The molecule has 0 amide bonds. The van der Waals surface area contributed by atoms with Crippen molar-refractivity contribution >= 4 is 35.1 Å². The van der Waals surface area contributed by atoms with Gasteiger partial charge in [-0.2, -0.15) is 5.10 Å². The maximum Gasteiger partial charge on any atom is 0.496 e. The molecule has 0 radical (unpaired) electrons. The molecule has 0 aliphatic carbocycles. The monoisotopic (exact) mass is 320 g/mol. The third-order valence-corrected chi connectivity index (χ3v) is 5.16. The highest BCUT2D eigenvalue weighted by Gasteiger charge is 2.52. The average Bonchev–Trinajstić information content (AvgIpc) is 2.90. The van der Waals surface area contributed by atoms with Gasteiger partial charge in [0.15, 0.2) is 0 Å². The molecule has 1 saturated heterocycles. The summed E-state index contributed by atoms with van der Waals surface area (Å²) in [5.41, 5.74) is 1.13. The van der Waals surface area contributed by atoms with Gasteiger partial charge in [-0.25, -0.2) is 0 Å². The van der Waals surface area contributed by atoms with E-state index in [9.17, 15) is 0 Å². The van der Waals surface area contributed by atoms with E-state index in [0.29, 0.717) is 5.02 Å². The highest BCUT2D eigenvalue weighted by atomic mass is 35.5. The minimum Gasteiger partial charge on any atom is -0.399 e. The summed E-state index contributed by atoms with van der Waals surface area (Å²) in [5.74, 6) is 0. The molecule has 1 aliphatic heterocycles. The lowest BCUT2D eigenvalue weighted by atomic mass is 9.78. The van der Waals surface area contributed by atoms with E-state index < -0.39 is 7.12 Å². The molecular weight excluding hydrogens is 298 g/mol. The quantitative estimate of drug-likeness (QED) is 0.794. The van der Waals surface area contributed by atoms with E-state index in [0.717, 1.165) is 16.4 Å². The topological polar surface area (TPSA) is 36.3 Å². The van der Waals surface area contributed by atoms with E-state index in [1.54, 1.807) is 0 Å². The van der Waals surface area contributed by atoms with Crippen LogP contribution in [0.2, 0.25) is 5.02 Å². The first kappa shape index (κ1) is 15.8. The van der Waals surface area contributed by atoms with Crippen LogP contribution >= 0.6 is 11.6 Å². The summed E-state index contributed by atoms with van der Waals surface area (Å²) in [6.45, 7) is 12.4. The fraction of sp³-hybridized carbons (Fsp3) is 0.562.